The van der Waals surface area contributed by atoms with E-state index < -0.39 is 10.2 Å². The van der Waals surface area contributed by atoms with Gasteiger partial charge in [0.1, 0.15) is 0 Å². The van der Waals surface area contributed by atoms with Gasteiger partial charge in [-0.2, -0.15) is 28.8 Å². The lowest BCUT2D eigenvalue weighted by molar-refractivity contribution is -0.125. The van der Waals surface area contributed by atoms with Gasteiger partial charge in [0.05, 0.1) is 5.92 Å². The van der Waals surface area contributed by atoms with E-state index in [0.717, 1.165) is 23.8 Å². The Morgan fingerprint density at radius 2 is 1.88 bits per heavy atom. The van der Waals surface area contributed by atoms with E-state index in [-0.39, 0.29) is 11.8 Å². The second-order valence-corrected chi connectivity index (χ2v) is 10.5. The molecule has 0 aromatic rings. The van der Waals surface area contributed by atoms with Gasteiger partial charge >= 0.3 is 0 Å². The minimum atomic E-state index is -3.42. The highest BCUT2D eigenvalue weighted by molar-refractivity contribution is 7.99. The smallest absolute Gasteiger partial charge is 0.281 e. The molecule has 6 nitrogen and oxygen atoms in total. The quantitative estimate of drug-likeness (QED) is 0.686. The van der Waals surface area contributed by atoms with Gasteiger partial charge in [-0.1, -0.05) is 19.3 Å². The number of carbonyl (C=O) groups is 1. The first-order chi connectivity index (χ1) is 11.4. The van der Waals surface area contributed by atoms with E-state index in [9.17, 15) is 13.2 Å². The number of nitrogens with one attached hydrogen (secondary N) is 1. The van der Waals surface area contributed by atoms with Gasteiger partial charge in [0.2, 0.25) is 5.91 Å². The molecule has 0 aromatic heterocycles. The minimum absolute atomic E-state index is 0.00194. The van der Waals surface area contributed by atoms with E-state index in [0.29, 0.717) is 19.6 Å². The van der Waals surface area contributed by atoms with Crippen molar-refractivity contribution in [3.63, 3.8) is 0 Å². The number of hydrogen-bond acceptors (Lipinski definition) is 4. The fraction of sp³-hybridized carbons (Fsp3) is 0.938. The second kappa shape index (κ2) is 9.40. The Morgan fingerprint density at radius 1 is 1.17 bits per heavy atom. The summed E-state index contributed by atoms with van der Waals surface area (Å²) in [6.45, 7) is 1.47. The maximum atomic E-state index is 12.3. The number of piperidine rings is 1. The van der Waals surface area contributed by atoms with Crippen LogP contribution in [0.25, 0.3) is 0 Å². The van der Waals surface area contributed by atoms with Crippen LogP contribution in [0, 0.1) is 5.92 Å². The molecule has 140 valence electrons. The van der Waals surface area contributed by atoms with Crippen molar-refractivity contribution in [3.8, 4) is 0 Å². The Labute approximate surface area is 150 Å². The molecular formula is C16H31N3O3S2. The molecule has 0 bridgehead atoms. The van der Waals surface area contributed by atoms with E-state index in [1.165, 1.54) is 54.8 Å². The van der Waals surface area contributed by atoms with Crippen molar-refractivity contribution in [1.29, 1.82) is 0 Å². The lowest BCUT2D eigenvalue weighted by Crippen LogP contribution is -2.49. The fourth-order valence-corrected chi connectivity index (χ4v) is 5.78. The first-order valence-corrected chi connectivity index (χ1v) is 11.4. The van der Waals surface area contributed by atoms with Crippen LogP contribution in [0.5, 0.6) is 0 Å². The number of thioether (sulfide) groups is 1. The summed E-state index contributed by atoms with van der Waals surface area (Å²) in [6, 6.07) is 0. The zero-order chi connectivity index (χ0) is 17.6. The van der Waals surface area contributed by atoms with Crippen molar-refractivity contribution in [2.45, 2.75) is 50.2 Å². The molecule has 2 fully saturated rings. The fourth-order valence-electron chi connectivity index (χ4n) is 3.37. The van der Waals surface area contributed by atoms with Crippen molar-refractivity contribution in [1.82, 2.24) is 13.9 Å². The molecule has 0 spiro atoms. The van der Waals surface area contributed by atoms with E-state index >= 15 is 0 Å². The lowest BCUT2D eigenvalue weighted by atomic mass is 9.99. The molecule has 0 aromatic carbocycles. The molecule has 0 radical (unpaired) electrons. The van der Waals surface area contributed by atoms with Gasteiger partial charge < -0.3 is 5.32 Å². The number of hydrogen-bond donors (Lipinski definition) is 1. The molecule has 0 unspecified atom stereocenters. The predicted molar refractivity (Wildman–Crippen MR) is 99.2 cm³/mol. The Balaban J connectivity index is 1.71. The highest BCUT2D eigenvalue weighted by Crippen LogP contribution is 2.27. The summed E-state index contributed by atoms with van der Waals surface area (Å²) >= 11 is 1.97. The largest absolute Gasteiger partial charge is 0.355 e. The zero-order valence-corrected chi connectivity index (χ0v) is 16.5. The summed E-state index contributed by atoms with van der Waals surface area (Å²) < 4.78 is 27.1. The molecule has 1 aliphatic heterocycles. The molecule has 1 heterocycles. The third-order valence-corrected chi connectivity index (χ3v) is 8.14. The number of nitrogens with zero attached hydrogens (tertiary/aromatic N) is 2. The van der Waals surface area contributed by atoms with Crippen LogP contribution < -0.4 is 5.32 Å². The van der Waals surface area contributed by atoms with Gasteiger partial charge in [-0.15, -0.1) is 0 Å². The monoisotopic (exact) mass is 377 g/mol. The van der Waals surface area contributed by atoms with Crippen LogP contribution in [-0.2, 0) is 15.0 Å². The SMILES string of the molecule is CN(C)S(=O)(=O)N1CCC[C@@H](C(=O)NCCSC2CCCCC2)C1. The molecular weight excluding hydrogens is 346 g/mol. The van der Waals surface area contributed by atoms with Gasteiger partial charge in [-0.3, -0.25) is 4.79 Å². The minimum Gasteiger partial charge on any atom is -0.355 e. The van der Waals surface area contributed by atoms with Gasteiger partial charge in [0.15, 0.2) is 0 Å². The van der Waals surface area contributed by atoms with Crippen LogP contribution in [0.2, 0.25) is 0 Å². The third-order valence-electron chi connectivity index (χ3n) is 4.85. The molecule has 1 saturated carbocycles. The second-order valence-electron chi connectivity index (χ2n) is 6.91. The molecule has 1 aliphatic carbocycles. The summed E-state index contributed by atoms with van der Waals surface area (Å²) in [5.41, 5.74) is 0. The number of rotatable bonds is 7. The summed E-state index contributed by atoms with van der Waals surface area (Å²) in [7, 11) is -0.365. The van der Waals surface area contributed by atoms with Gasteiger partial charge in [-0.05, 0) is 25.7 Å². The lowest BCUT2D eigenvalue weighted by Gasteiger charge is -2.32. The highest BCUT2D eigenvalue weighted by Gasteiger charge is 2.33. The topological polar surface area (TPSA) is 69.7 Å². The number of carbonyl (C=O) groups excluding carboxylic acids is 1. The van der Waals surface area contributed by atoms with Crippen LogP contribution >= 0.6 is 11.8 Å². The molecule has 24 heavy (non-hydrogen) atoms. The van der Waals surface area contributed by atoms with E-state index in [1.54, 1.807) is 0 Å². The summed E-state index contributed by atoms with van der Waals surface area (Å²) in [5, 5.41) is 3.75. The Bertz CT molecular complexity index is 505. The molecule has 1 atom stereocenters. The number of amides is 1. The molecule has 8 heteroatoms. The van der Waals surface area contributed by atoms with Crippen LogP contribution in [0.15, 0.2) is 0 Å². The standard InChI is InChI=1S/C16H31N3O3S2/c1-18(2)24(21,22)19-11-6-7-14(13-19)16(20)17-10-12-23-15-8-4-3-5-9-15/h14-15H,3-13H2,1-2H3,(H,17,20)/t14-/m1/s1. The molecule has 1 N–H and O–H groups in total. The Hall–Kier alpha value is -0.310. The van der Waals surface area contributed by atoms with Gasteiger partial charge in [-0.25, -0.2) is 0 Å². The van der Waals surface area contributed by atoms with Crippen molar-refractivity contribution < 1.29 is 13.2 Å². The van der Waals surface area contributed by atoms with E-state index in [2.05, 4.69) is 5.32 Å². The van der Waals surface area contributed by atoms with Crippen LogP contribution in [0.3, 0.4) is 0 Å². The van der Waals surface area contributed by atoms with E-state index in [4.69, 9.17) is 0 Å². The first kappa shape index (κ1) is 20.0. The molecule has 1 saturated heterocycles. The highest BCUT2D eigenvalue weighted by atomic mass is 32.2. The maximum Gasteiger partial charge on any atom is 0.281 e. The molecule has 2 aliphatic rings. The normalized spacial score (nSPS) is 24.2. The van der Waals surface area contributed by atoms with Crippen molar-refractivity contribution in [3.05, 3.63) is 0 Å². The molecule has 1 amide bonds. The predicted octanol–water partition coefficient (Wildman–Crippen LogP) is 1.69. The van der Waals surface area contributed by atoms with Gasteiger partial charge in [0.25, 0.3) is 10.2 Å². The Morgan fingerprint density at radius 3 is 2.54 bits per heavy atom. The summed E-state index contributed by atoms with van der Waals surface area (Å²) in [5.74, 6) is 0.717. The van der Waals surface area contributed by atoms with Crippen molar-refractivity contribution >= 4 is 27.9 Å². The van der Waals surface area contributed by atoms with Crippen LogP contribution in [0.1, 0.15) is 44.9 Å². The van der Waals surface area contributed by atoms with Gasteiger partial charge in [0, 0.05) is 44.7 Å². The summed E-state index contributed by atoms with van der Waals surface area (Å²) in [6.07, 6.45) is 8.15. The molecule has 2 rings (SSSR count). The summed E-state index contributed by atoms with van der Waals surface area (Å²) in [4.78, 5) is 12.3. The third kappa shape index (κ3) is 5.61. The van der Waals surface area contributed by atoms with Crippen molar-refractivity contribution in [2.75, 3.05) is 39.5 Å². The van der Waals surface area contributed by atoms with Crippen LogP contribution in [0.4, 0.5) is 0 Å². The van der Waals surface area contributed by atoms with E-state index in [1.807, 2.05) is 11.8 Å². The van der Waals surface area contributed by atoms with Crippen molar-refractivity contribution in [2.24, 2.45) is 5.92 Å². The van der Waals surface area contributed by atoms with Crippen LogP contribution in [-0.4, -0.2) is 67.7 Å². The maximum absolute atomic E-state index is 12.3. The average molecular weight is 378 g/mol. The first-order valence-electron chi connectivity index (χ1n) is 8.98. The zero-order valence-electron chi connectivity index (χ0n) is 14.9. The Kier molecular flexibility index (Phi) is 7.84. The average Bonchev–Trinajstić information content (AvgIpc) is 2.59.